The van der Waals surface area contributed by atoms with Crippen LogP contribution < -0.4 is 5.73 Å². The number of nitrogens with two attached hydrogens (primary N) is 1. The van der Waals surface area contributed by atoms with Gasteiger partial charge in [0.2, 0.25) is 5.89 Å². The molecule has 0 radical (unpaired) electrons. The lowest BCUT2D eigenvalue weighted by atomic mass is 10.1. The average molecular weight is 290 g/mol. The van der Waals surface area contributed by atoms with Crippen molar-refractivity contribution in [2.24, 2.45) is 7.05 Å². The predicted octanol–water partition coefficient (Wildman–Crippen LogP) is 2.30. The van der Waals surface area contributed by atoms with Crippen molar-refractivity contribution in [3.63, 3.8) is 0 Å². The fourth-order valence-corrected chi connectivity index (χ4v) is 2.17. The molecule has 0 aliphatic carbocycles. The maximum atomic E-state index is 5.94. The molecule has 0 atom stereocenters. The molecule has 0 bridgehead atoms. The first-order chi connectivity index (χ1) is 9.63. The molecule has 6 nitrogen and oxygen atoms in total. The van der Waals surface area contributed by atoms with Gasteiger partial charge in [0.15, 0.2) is 0 Å². The van der Waals surface area contributed by atoms with Gasteiger partial charge in [0, 0.05) is 12.1 Å². The standard InChI is InChI=1S/C13H12ClN5O/c1-19-12(10(15)7-16-19)13-18-17-11(20-13)6-8-3-2-4-9(14)5-8/h2-5,7H,6,15H2,1H3. The van der Waals surface area contributed by atoms with Crippen LogP contribution >= 0.6 is 11.6 Å². The number of hydrogen-bond acceptors (Lipinski definition) is 5. The molecule has 0 spiro atoms. The second-order valence-corrected chi connectivity index (χ2v) is 4.82. The minimum atomic E-state index is 0.361. The third-order valence-electron chi connectivity index (χ3n) is 2.88. The molecule has 2 N–H and O–H groups in total. The minimum Gasteiger partial charge on any atom is -0.419 e. The molecule has 0 aliphatic heterocycles. The highest BCUT2D eigenvalue weighted by atomic mass is 35.5. The van der Waals surface area contributed by atoms with Crippen LogP contribution in [0.5, 0.6) is 0 Å². The van der Waals surface area contributed by atoms with Crippen molar-refractivity contribution >= 4 is 17.3 Å². The Hall–Kier alpha value is -2.34. The Balaban J connectivity index is 1.88. The number of anilines is 1. The van der Waals surface area contributed by atoms with E-state index in [0.717, 1.165) is 5.56 Å². The van der Waals surface area contributed by atoms with Gasteiger partial charge in [-0.2, -0.15) is 5.10 Å². The molecule has 1 aromatic carbocycles. The van der Waals surface area contributed by atoms with E-state index in [4.69, 9.17) is 21.8 Å². The third-order valence-corrected chi connectivity index (χ3v) is 3.12. The zero-order valence-electron chi connectivity index (χ0n) is 10.7. The Morgan fingerprint density at radius 3 is 2.90 bits per heavy atom. The van der Waals surface area contributed by atoms with E-state index in [1.54, 1.807) is 17.9 Å². The zero-order chi connectivity index (χ0) is 14.1. The van der Waals surface area contributed by atoms with E-state index in [9.17, 15) is 0 Å². The lowest BCUT2D eigenvalue weighted by Crippen LogP contribution is -1.95. The highest BCUT2D eigenvalue weighted by Crippen LogP contribution is 2.24. The highest BCUT2D eigenvalue weighted by Gasteiger charge is 2.16. The van der Waals surface area contributed by atoms with Crippen LogP contribution in [0.3, 0.4) is 0 Å². The van der Waals surface area contributed by atoms with Gasteiger partial charge in [0.25, 0.3) is 5.89 Å². The second kappa shape index (κ2) is 4.97. The Labute approximate surface area is 120 Å². The summed E-state index contributed by atoms with van der Waals surface area (Å²) < 4.78 is 7.23. The molecule has 2 aromatic heterocycles. The summed E-state index contributed by atoms with van der Waals surface area (Å²) in [6, 6.07) is 7.52. The molecule has 2 heterocycles. The number of aryl methyl sites for hydroxylation is 1. The lowest BCUT2D eigenvalue weighted by molar-refractivity contribution is 0.513. The maximum absolute atomic E-state index is 5.94. The Bertz CT molecular complexity index is 729. The van der Waals surface area contributed by atoms with Crippen molar-refractivity contribution in [3.8, 4) is 11.6 Å². The topological polar surface area (TPSA) is 82.8 Å². The highest BCUT2D eigenvalue weighted by molar-refractivity contribution is 6.30. The van der Waals surface area contributed by atoms with Gasteiger partial charge in [-0.25, -0.2) is 0 Å². The molecule has 0 saturated heterocycles. The number of benzene rings is 1. The van der Waals surface area contributed by atoms with Gasteiger partial charge in [-0.15, -0.1) is 10.2 Å². The third kappa shape index (κ3) is 2.37. The molecule has 20 heavy (non-hydrogen) atoms. The van der Waals surface area contributed by atoms with Crippen LogP contribution in [0.2, 0.25) is 5.02 Å². The Morgan fingerprint density at radius 2 is 2.20 bits per heavy atom. The summed E-state index contributed by atoms with van der Waals surface area (Å²) in [5.74, 6) is 0.863. The van der Waals surface area contributed by atoms with Crippen LogP contribution in [0.4, 0.5) is 5.69 Å². The smallest absolute Gasteiger partial charge is 0.268 e. The first kappa shape index (κ1) is 12.7. The van der Waals surface area contributed by atoms with E-state index in [1.807, 2.05) is 24.3 Å². The van der Waals surface area contributed by atoms with Crippen LogP contribution in [0.15, 0.2) is 34.9 Å². The van der Waals surface area contributed by atoms with Crippen molar-refractivity contribution in [2.45, 2.75) is 6.42 Å². The number of hydrogen-bond donors (Lipinski definition) is 1. The van der Waals surface area contributed by atoms with Gasteiger partial charge < -0.3 is 10.2 Å². The van der Waals surface area contributed by atoms with Crippen molar-refractivity contribution in [2.75, 3.05) is 5.73 Å². The van der Waals surface area contributed by atoms with Crippen LogP contribution in [0, 0.1) is 0 Å². The summed E-state index contributed by atoms with van der Waals surface area (Å²) in [5, 5.41) is 12.8. The molecule has 7 heteroatoms. The zero-order valence-corrected chi connectivity index (χ0v) is 11.5. The largest absolute Gasteiger partial charge is 0.419 e. The maximum Gasteiger partial charge on any atom is 0.268 e. The van der Waals surface area contributed by atoms with Crippen molar-refractivity contribution in [3.05, 3.63) is 46.9 Å². The van der Waals surface area contributed by atoms with Gasteiger partial charge in [0.05, 0.1) is 18.3 Å². The van der Waals surface area contributed by atoms with Crippen LogP contribution in [0.1, 0.15) is 11.5 Å². The second-order valence-electron chi connectivity index (χ2n) is 4.38. The Kier molecular flexibility index (Phi) is 3.15. The molecular weight excluding hydrogens is 278 g/mol. The summed E-state index contributed by atoms with van der Waals surface area (Å²) in [6.45, 7) is 0. The van der Waals surface area contributed by atoms with E-state index >= 15 is 0 Å². The van der Waals surface area contributed by atoms with Crippen LogP contribution in [-0.4, -0.2) is 20.0 Å². The molecule has 0 aliphatic rings. The van der Waals surface area contributed by atoms with E-state index in [1.165, 1.54) is 0 Å². The first-order valence-electron chi connectivity index (χ1n) is 5.98. The molecule has 0 saturated carbocycles. The monoisotopic (exact) mass is 289 g/mol. The number of halogens is 1. The van der Waals surface area contributed by atoms with E-state index < -0.39 is 0 Å². The molecule has 0 fully saturated rings. The van der Waals surface area contributed by atoms with Crippen LogP contribution in [-0.2, 0) is 13.5 Å². The van der Waals surface area contributed by atoms with E-state index in [2.05, 4.69) is 15.3 Å². The van der Waals surface area contributed by atoms with E-state index in [-0.39, 0.29) is 0 Å². The first-order valence-corrected chi connectivity index (χ1v) is 6.36. The summed E-state index contributed by atoms with van der Waals surface area (Å²) in [7, 11) is 1.77. The predicted molar refractivity (Wildman–Crippen MR) is 75.2 cm³/mol. The van der Waals surface area contributed by atoms with Gasteiger partial charge in [0.1, 0.15) is 5.69 Å². The van der Waals surface area contributed by atoms with Gasteiger partial charge in [-0.1, -0.05) is 23.7 Å². The number of aromatic nitrogens is 4. The van der Waals surface area contributed by atoms with Crippen molar-refractivity contribution < 1.29 is 4.42 Å². The van der Waals surface area contributed by atoms with Gasteiger partial charge in [-0.3, -0.25) is 4.68 Å². The van der Waals surface area contributed by atoms with Crippen LogP contribution in [0.25, 0.3) is 11.6 Å². The molecule has 0 amide bonds. The SMILES string of the molecule is Cn1ncc(N)c1-c1nnc(Cc2cccc(Cl)c2)o1. The van der Waals surface area contributed by atoms with E-state index in [0.29, 0.717) is 34.6 Å². The lowest BCUT2D eigenvalue weighted by Gasteiger charge is -1.98. The average Bonchev–Trinajstić information content (AvgIpc) is 2.97. The Morgan fingerprint density at radius 1 is 1.35 bits per heavy atom. The number of nitrogen functional groups attached to an aromatic ring is 1. The summed E-state index contributed by atoms with van der Waals surface area (Å²) in [4.78, 5) is 0. The molecule has 102 valence electrons. The van der Waals surface area contributed by atoms with Crippen molar-refractivity contribution in [1.29, 1.82) is 0 Å². The molecule has 3 rings (SSSR count). The number of nitrogens with zero attached hydrogens (tertiary/aromatic N) is 4. The van der Waals surface area contributed by atoms with Crippen molar-refractivity contribution in [1.82, 2.24) is 20.0 Å². The summed E-state index contributed by atoms with van der Waals surface area (Å²) in [5.41, 5.74) is 7.96. The van der Waals surface area contributed by atoms with Gasteiger partial charge in [-0.05, 0) is 17.7 Å². The fourth-order valence-electron chi connectivity index (χ4n) is 1.96. The molecule has 3 aromatic rings. The van der Waals surface area contributed by atoms with Gasteiger partial charge >= 0.3 is 0 Å². The fraction of sp³-hybridized carbons (Fsp3) is 0.154. The molecular formula is C13H12ClN5O. The normalized spacial score (nSPS) is 10.9. The minimum absolute atomic E-state index is 0.361. The quantitative estimate of drug-likeness (QED) is 0.800. The molecule has 0 unspecified atom stereocenters. The summed E-state index contributed by atoms with van der Waals surface area (Å²) in [6.07, 6.45) is 2.07. The summed E-state index contributed by atoms with van der Waals surface area (Å²) >= 11 is 5.94. The number of rotatable bonds is 3.